The van der Waals surface area contributed by atoms with E-state index in [-0.39, 0.29) is 36.2 Å². The summed E-state index contributed by atoms with van der Waals surface area (Å²) in [6.07, 6.45) is 2.86. The zero-order chi connectivity index (χ0) is 11.5. The van der Waals surface area contributed by atoms with Crippen molar-refractivity contribution in [2.45, 2.75) is 25.3 Å². The van der Waals surface area contributed by atoms with E-state index < -0.39 is 0 Å². The van der Waals surface area contributed by atoms with Gasteiger partial charge in [-0.05, 0) is 12.8 Å². The summed E-state index contributed by atoms with van der Waals surface area (Å²) in [6, 6.07) is 0.0174. The number of amides is 1. The number of aromatic nitrogens is 3. The Hall–Kier alpha value is -1.63. The van der Waals surface area contributed by atoms with Gasteiger partial charge in [0.05, 0.1) is 0 Å². The summed E-state index contributed by atoms with van der Waals surface area (Å²) in [7, 11) is 0. The minimum Gasteiger partial charge on any atom is -0.396 e. The third kappa shape index (κ3) is 2.13. The third-order valence-electron chi connectivity index (χ3n) is 2.93. The molecule has 7 heteroatoms. The maximum absolute atomic E-state index is 11.7. The molecule has 1 saturated carbocycles. The number of nitrogens with two attached hydrogens (primary N) is 1. The van der Waals surface area contributed by atoms with Gasteiger partial charge in [-0.25, -0.2) is 0 Å². The van der Waals surface area contributed by atoms with E-state index in [1.807, 2.05) is 0 Å². The molecule has 1 aliphatic rings. The molecule has 1 aromatic heterocycles. The first-order valence-corrected chi connectivity index (χ1v) is 5.30. The summed E-state index contributed by atoms with van der Waals surface area (Å²) >= 11 is 0. The van der Waals surface area contributed by atoms with Crippen LogP contribution in [-0.2, 0) is 0 Å². The largest absolute Gasteiger partial charge is 0.396 e. The molecule has 0 radical (unpaired) electrons. The van der Waals surface area contributed by atoms with Crippen molar-refractivity contribution in [2.75, 3.05) is 12.3 Å². The third-order valence-corrected chi connectivity index (χ3v) is 2.93. The minimum atomic E-state index is -0.324. The van der Waals surface area contributed by atoms with Crippen LogP contribution in [0.4, 0.5) is 5.95 Å². The molecular weight excluding hydrogens is 210 g/mol. The van der Waals surface area contributed by atoms with Crippen LogP contribution in [0.1, 0.15) is 29.9 Å². The summed E-state index contributed by atoms with van der Waals surface area (Å²) in [5.41, 5.74) is 5.30. The molecule has 2 unspecified atom stereocenters. The molecule has 0 aliphatic heterocycles. The minimum absolute atomic E-state index is 0.0174. The van der Waals surface area contributed by atoms with Crippen LogP contribution < -0.4 is 11.1 Å². The average molecular weight is 225 g/mol. The van der Waals surface area contributed by atoms with Crippen LogP contribution in [0, 0.1) is 5.92 Å². The number of carbonyl (C=O) groups is 1. The van der Waals surface area contributed by atoms with Crippen LogP contribution in [0.25, 0.3) is 0 Å². The Morgan fingerprint density at radius 1 is 1.62 bits per heavy atom. The van der Waals surface area contributed by atoms with E-state index in [4.69, 9.17) is 10.8 Å². The highest BCUT2D eigenvalue weighted by Gasteiger charge is 2.28. The van der Waals surface area contributed by atoms with E-state index in [2.05, 4.69) is 20.5 Å². The molecule has 7 nitrogen and oxygen atoms in total. The van der Waals surface area contributed by atoms with Crippen molar-refractivity contribution in [3.8, 4) is 0 Å². The molecule has 2 atom stereocenters. The lowest BCUT2D eigenvalue weighted by molar-refractivity contribution is 0.0906. The highest BCUT2D eigenvalue weighted by atomic mass is 16.3. The highest BCUT2D eigenvalue weighted by molar-refractivity contribution is 5.90. The SMILES string of the molecule is Nc1n[nH]c(C(=O)NC2CCCC2CO)n1. The number of nitrogens with one attached hydrogen (secondary N) is 2. The van der Waals surface area contributed by atoms with Crippen LogP contribution in [0.2, 0.25) is 0 Å². The van der Waals surface area contributed by atoms with E-state index in [0.29, 0.717) is 0 Å². The van der Waals surface area contributed by atoms with E-state index >= 15 is 0 Å². The van der Waals surface area contributed by atoms with Gasteiger partial charge in [-0.3, -0.25) is 9.89 Å². The van der Waals surface area contributed by atoms with Crippen molar-refractivity contribution < 1.29 is 9.90 Å². The average Bonchev–Trinajstić information content (AvgIpc) is 2.86. The lowest BCUT2D eigenvalue weighted by atomic mass is 10.1. The molecule has 0 spiro atoms. The summed E-state index contributed by atoms with van der Waals surface area (Å²) in [6.45, 7) is 0.101. The van der Waals surface area contributed by atoms with Gasteiger partial charge in [0, 0.05) is 18.6 Å². The fraction of sp³-hybridized carbons (Fsp3) is 0.667. The number of nitrogens with zero attached hydrogens (tertiary/aromatic N) is 2. The molecule has 5 N–H and O–H groups in total. The van der Waals surface area contributed by atoms with Crippen LogP contribution in [0.5, 0.6) is 0 Å². The van der Waals surface area contributed by atoms with Gasteiger partial charge in [0.2, 0.25) is 11.8 Å². The molecule has 0 bridgehead atoms. The predicted octanol–water partition coefficient (Wildman–Crippen LogP) is -0.722. The quantitative estimate of drug-likeness (QED) is 0.541. The number of H-pyrrole nitrogens is 1. The van der Waals surface area contributed by atoms with Crippen LogP contribution in [0.3, 0.4) is 0 Å². The van der Waals surface area contributed by atoms with E-state index in [0.717, 1.165) is 19.3 Å². The fourth-order valence-electron chi connectivity index (χ4n) is 2.06. The normalized spacial score (nSPS) is 24.6. The number of hydrogen-bond acceptors (Lipinski definition) is 5. The van der Waals surface area contributed by atoms with Crippen molar-refractivity contribution >= 4 is 11.9 Å². The molecule has 88 valence electrons. The molecule has 0 saturated heterocycles. The Labute approximate surface area is 92.4 Å². The first-order chi connectivity index (χ1) is 7.70. The van der Waals surface area contributed by atoms with Crippen LogP contribution >= 0.6 is 0 Å². The summed E-state index contributed by atoms with van der Waals surface area (Å²) < 4.78 is 0. The molecular formula is C9H15N5O2. The number of rotatable bonds is 3. The molecule has 2 rings (SSSR count). The second-order valence-electron chi connectivity index (χ2n) is 4.00. The number of aromatic amines is 1. The molecule has 1 heterocycles. The van der Waals surface area contributed by atoms with Crippen molar-refractivity contribution in [1.82, 2.24) is 20.5 Å². The second kappa shape index (κ2) is 4.48. The van der Waals surface area contributed by atoms with Crippen molar-refractivity contribution in [1.29, 1.82) is 0 Å². The van der Waals surface area contributed by atoms with Gasteiger partial charge in [-0.1, -0.05) is 6.42 Å². The van der Waals surface area contributed by atoms with E-state index in [1.54, 1.807) is 0 Å². The summed E-state index contributed by atoms with van der Waals surface area (Å²) in [5.74, 6) is -0.0184. The van der Waals surface area contributed by atoms with Gasteiger partial charge < -0.3 is 16.2 Å². The molecule has 0 aromatic carbocycles. The fourth-order valence-corrected chi connectivity index (χ4v) is 2.06. The number of nitrogen functional groups attached to an aromatic ring is 1. The first kappa shape index (κ1) is 10.9. The lowest BCUT2D eigenvalue weighted by Gasteiger charge is -2.17. The zero-order valence-corrected chi connectivity index (χ0v) is 8.81. The number of carbonyl (C=O) groups excluding carboxylic acids is 1. The Morgan fingerprint density at radius 3 is 3.06 bits per heavy atom. The number of aliphatic hydroxyl groups is 1. The lowest BCUT2D eigenvalue weighted by Crippen LogP contribution is -2.39. The monoisotopic (exact) mass is 225 g/mol. The number of aliphatic hydroxyl groups excluding tert-OH is 1. The maximum Gasteiger partial charge on any atom is 0.288 e. The van der Waals surface area contributed by atoms with Crippen molar-refractivity contribution in [3.63, 3.8) is 0 Å². The van der Waals surface area contributed by atoms with Crippen LogP contribution in [-0.4, -0.2) is 38.8 Å². The topological polar surface area (TPSA) is 117 Å². The highest BCUT2D eigenvalue weighted by Crippen LogP contribution is 2.25. The van der Waals surface area contributed by atoms with E-state index in [1.165, 1.54) is 0 Å². The Kier molecular flexibility index (Phi) is 3.04. The number of anilines is 1. The van der Waals surface area contributed by atoms with E-state index in [9.17, 15) is 4.79 Å². The Balaban J connectivity index is 1.97. The maximum atomic E-state index is 11.7. The predicted molar refractivity (Wildman–Crippen MR) is 56.5 cm³/mol. The molecule has 1 fully saturated rings. The Bertz CT molecular complexity index is 378. The molecule has 1 aromatic rings. The second-order valence-corrected chi connectivity index (χ2v) is 4.00. The van der Waals surface area contributed by atoms with Gasteiger partial charge in [0.25, 0.3) is 5.91 Å². The standard InChI is InChI=1S/C9H15N5O2/c10-9-12-7(13-14-9)8(16)11-6-3-1-2-5(6)4-15/h5-6,15H,1-4H2,(H,11,16)(H3,10,12,13,14). The van der Waals surface area contributed by atoms with Gasteiger partial charge in [-0.15, -0.1) is 5.10 Å². The van der Waals surface area contributed by atoms with Gasteiger partial charge >= 0.3 is 0 Å². The molecule has 1 aliphatic carbocycles. The van der Waals surface area contributed by atoms with Crippen LogP contribution in [0.15, 0.2) is 0 Å². The molecule has 1 amide bonds. The van der Waals surface area contributed by atoms with Gasteiger partial charge in [0.15, 0.2) is 0 Å². The summed E-state index contributed by atoms with van der Waals surface area (Å²) in [5, 5.41) is 18.0. The first-order valence-electron chi connectivity index (χ1n) is 5.30. The summed E-state index contributed by atoms with van der Waals surface area (Å²) in [4.78, 5) is 15.4. The molecule has 16 heavy (non-hydrogen) atoms. The van der Waals surface area contributed by atoms with Gasteiger partial charge in [-0.2, -0.15) is 4.98 Å². The van der Waals surface area contributed by atoms with Crippen molar-refractivity contribution in [2.24, 2.45) is 5.92 Å². The number of hydrogen-bond donors (Lipinski definition) is 4. The zero-order valence-electron chi connectivity index (χ0n) is 8.81. The van der Waals surface area contributed by atoms with Crippen molar-refractivity contribution in [3.05, 3.63) is 5.82 Å². The van der Waals surface area contributed by atoms with Gasteiger partial charge in [0.1, 0.15) is 0 Å². The smallest absolute Gasteiger partial charge is 0.288 e. The Morgan fingerprint density at radius 2 is 2.44 bits per heavy atom.